The predicted molar refractivity (Wildman–Crippen MR) is 103 cm³/mol. The molecule has 1 aliphatic heterocycles. The van der Waals surface area contributed by atoms with E-state index >= 15 is 0 Å². The van der Waals surface area contributed by atoms with Crippen LogP contribution in [0.1, 0.15) is 57.1 Å². The summed E-state index contributed by atoms with van der Waals surface area (Å²) in [5, 5.41) is 0. The van der Waals surface area contributed by atoms with E-state index < -0.39 is 0 Å². The first-order chi connectivity index (χ1) is 12.0. The third-order valence-corrected chi connectivity index (χ3v) is 5.00. The number of benzene rings is 1. The molecule has 0 radical (unpaired) electrons. The fourth-order valence-corrected chi connectivity index (χ4v) is 3.40. The lowest BCUT2D eigenvalue weighted by Crippen LogP contribution is -2.38. The van der Waals surface area contributed by atoms with Crippen molar-refractivity contribution in [3.05, 3.63) is 29.3 Å². The van der Waals surface area contributed by atoms with Crippen LogP contribution in [0.4, 0.5) is 5.69 Å². The normalized spacial score (nSPS) is 17.2. The summed E-state index contributed by atoms with van der Waals surface area (Å²) in [7, 11) is 0. The van der Waals surface area contributed by atoms with E-state index in [0.29, 0.717) is 13.0 Å². The molecular weight excluding hydrogens is 312 g/mol. The zero-order valence-corrected chi connectivity index (χ0v) is 16.2. The van der Waals surface area contributed by atoms with E-state index in [9.17, 15) is 9.59 Å². The largest absolute Gasteiger partial charge is 0.342 e. The van der Waals surface area contributed by atoms with E-state index in [2.05, 4.69) is 19.9 Å². The second kappa shape index (κ2) is 9.02. The molecule has 1 atom stereocenters. The Morgan fingerprint density at radius 2 is 1.80 bits per heavy atom. The van der Waals surface area contributed by atoms with Crippen LogP contribution in [0.5, 0.6) is 0 Å². The molecule has 0 saturated carbocycles. The molecular formula is C21H32N2O2. The van der Waals surface area contributed by atoms with Crippen LogP contribution in [0.15, 0.2) is 18.2 Å². The molecule has 1 aliphatic rings. The summed E-state index contributed by atoms with van der Waals surface area (Å²) in [5.74, 6) is 0.0159. The molecule has 0 spiro atoms. The van der Waals surface area contributed by atoms with Crippen molar-refractivity contribution in [2.45, 2.75) is 59.8 Å². The van der Waals surface area contributed by atoms with E-state index in [0.717, 1.165) is 55.6 Å². The lowest BCUT2D eigenvalue weighted by Gasteiger charge is -2.26. The molecule has 1 unspecified atom stereocenters. The highest BCUT2D eigenvalue weighted by Crippen LogP contribution is 2.29. The Balaban J connectivity index is 2.11. The fourth-order valence-electron chi connectivity index (χ4n) is 3.40. The van der Waals surface area contributed by atoms with Gasteiger partial charge < -0.3 is 9.80 Å². The number of unbranched alkanes of at least 4 members (excludes halogenated alkanes) is 2. The molecule has 0 N–H and O–H groups in total. The second-order valence-corrected chi connectivity index (χ2v) is 7.23. The first-order valence-corrected chi connectivity index (χ1v) is 9.64. The zero-order valence-electron chi connectivity index (χ0n) is 16.2. The van der Waals surface area contributed by atoms with Crippen LogP contribution in [0.25, 0.3) is 0 Å². The minimum Gasteiger partial charge on any atom is -0.342 e. The first-order valence-electron chi connectivity index (χ1n) is 9.64. The lowest BCUT2D eigenvalue weighted by atomic mass is 10.1. The molecule has 1 aromatic rings. The molecule has 138 valence electrons. The summed E-state index contributed by atoms with van der Waals surface area (Å²) >= 11 is 0. The van der Waals surface area contributed by atoms with Gasteiger partial charge in [-0.15, -0.1) is 0 Å². The Hall–Kier alpha value is -1.84. The highest BCUT2D eigenvalue weighted by molar-refractivity contribution is 6.00. The van der Waals surface area contributed by atoms with Crippen LogP contribution >= 0.6 is 0 Å². The number of anilines is 1. The van der Waals surface area contributed by atoms with Crippen LogP contribution in [0, 0.1) is 19.8 Å². The number of rotatable bonds is 8. The summed E-state index contributed by atoms with van der Waals surface area (Å²) in [6.45, 7) is 10.5. The van der Waals surface area contributed by atoms with Crippen molar-refractivity contribution in [3.8, 4) is 0 Å². The summed E-state index contributed by atoms with van der Waals surface area (Å²) in [6, 6.07) is 6.15. The highest BCUT2D eigenvalue weighted by atomic mass is 16.2. The quantitative estimate of drug-likeness (QED) is 0.713. The topological polar surface area (TPSA) is 40.6 Å². The molecule has 4 heteroatoms. The molecule has 1 fully saturated rings. The average molecular weight is 344 g/mol. The van der Waals surface area contributed by atoms with Crippen LogP contribution in [0.2, 0.25) is 0 Å². The molecule has 2 amide bonds. The highest BCUT2D eigenvalue weighted by Gasteiger charge is 2.37. The lowest BCUT2D eigenvalue weighted by molar-refractivity contribution is -0.136. The van der Waals surface area contributed by atoms with Gasteiger partial charge in [0.15, 0.2) is 0 Å². The van der Waals surface area contributed by atoms with Crippen molar-refractivity contribution in [2.24, 2.45) is 5.92 Å². The molecule has 0 aliphatic carbocycles. The fraction of sp³-hybridized carbons (Fsp3) is 0.619. The number of hydrogen-bond acceptors (Lipinski definition) is 2. The van der Waals surface area contributed by atoms with Gasteiger partial charge in [-0.1, -0.05) is 38.8 Å². The van der Waals surface area contributed by atoms with Gasteiger partial charge in [-0.25, -0.2) is 0 Å². The van der Waals surface area contributed by atoms with Gasteiger partial charge in [-0.2, -0.15) is 0 Å². The zero-order chi connectivity index (χ0) is 18.4. The molecule has 25 heavy (non-hydrogen) atoms. The molecule has 2 rings (SSSR count). The maximum atomic E-state index is 13.0. The third-order valence-electron chi connectivity index (χ3n) is 5.00. The number of amides is 2. The van der Waals surface area contributed by atoms with Gasteiger partial charge >= 0.3 is 0 Å². The molecule has 1 aromatic carbocycles. The maximum absolute atomic E-state index is 13.0. The van der Waals surface area contributed by atoms with Gasteiger partial charge in [0.25, 0.3) is 0 Å². The summed E-state index contributed by atoms with van der Waals surface area (Å²) < 4.78 is 0. The second-order valence-electron chi connectivity index (χ2n) is 7.23. The Labute approximate surface area is 152 Å². The van der Waals surface area contributed by atoms with Gasteiger partial charge in [-0.3, -0.25) is 9.59 Å². The first kappa shape index (κ1) is 19.5. The Kier molecular flexibility index (Phi) is 7.03. The minimum absolute atomic E-state index is 0.0676. The Morgan fingerprint density at radius 3 is 2.40 bits per heavy atom. The van der Waals surface area contributed by atoms with Gasteiger partial charge in [0.2, 0.25) is 11.8 Å². The van der Waals surface area contributed by atoms with Crippen LogP contribution in [-0.2, 0) is 9.59 Å². The standard InChI is InChI=1S/C21H32N2O2/c1-5-7-11-22(12-8-6-2)21(25)18-14-20(24)23(15-18)19-13-16(3)9-10-17(19)4/h9-10,13,18H,5-8,11-12,14-15H2,1-4H3. The minimum atomic E-state index is -0.207. The van der Waals surface area contributed by atoms with Gasteiger partial charge in [-0.05, 0) is 43.9 Å². The van der Waals surface area contributed by atoms with Crippen molar-refractivity contribution < 1.29 is 9.59 Å². The number of nitrogens with zero attached hydrogens (tertiary/aromatic N) is 2. The monoisotopic (exact) mass is 344 g/mol. The summed E-state index contributed by atoms with van der Waals surface area (Å²) in [6.07, 6.45) is 4.54. The number of carbonyl (C=O) groups is 2. The number of aryl methyl sites for hydroxylation is 2. The van der Waals surface area contributed by atoms with E-state index in [1.165, 1.54) is 0 Å². The van der Waals surface area contributed by atoms with E-state index in [1.54, 1.807) is 0 Å². The van der Waals surface area contributed by atoms with Crippen LogP contribution in [0.3, 0.4) is 0 Å². The van der Waals surface area contributed by atoms with Gasteiger partial charge in [0, 0.05) is 31.7 Å². The smallest absolute Gasteiger partial charge is 0.228 e. The van der Waals surface area contributed by atoms with E-state index in [4.69, 9.17) is 0 Å². The summed E-state index contributed by atoms with van der Waals surface area (Å²) in [4.78, 5) is 29.3. The van der Waals surface area contributed by atoms with Crippen molar-refractivity contribution in [3.63, 3.8) is 0 Å². The molecule has 1 saturated heterocycles. The number of carbonyl (C=O) groups excluding carboxylic acids is 2. The van der Waals surface area contributed by atoms with Crippen molar-refractivity contribution in [1.29, 1.82) is 0 Å². The molecule has 4 nitrogen and oxygen atoms in total. The maximum Gasteiger partial charge on any atom is 0.228 e. The van der Waals surface area contributed by atoms with E-state index in [-0.39, 0.29) is 17.7 Å². The Bertz CT molecular complexity index is 604. The average Bonchev–Trinajstić information content (AvgIpc) is 2.98. The molecule has 1 heterocycles. The Morgan fingerprint density at radius 1 is 1.16 bits per heavy atom. The molecule has 0 bridgehead atoms. The van der Waals surface area contributed by atoms with Gasteiger partial charge in [0.1, 0.15) is 0 Å². The van der Waals surface area contributed by atoms with Crippen molar-refractivity contribution in [1.82, 2.24) is 4.90 Å². The van der Waals surface area contributed by atoms with Gasteiger partial charge in [0.05, 0.1) is 5.92 Å². The van der Waals surface area contributed by atoms with E-state index in [1.807, 2.05) is 35.8 Å². The van der Waals surface area contributed by atoms with Crippen molar-refractivity contribution in [2.75, 3.05) is 24.5 Å². The van der Waals surface area contributed by atoms with Crippen LogP contribution < -0.4 is 4.90 Å². The summed E-state index contributed by atoms with van der Waals surface area (Å²) in [5.41, 5.74) is 3.17. The SMILES string of the molecule is CCCCN(CCCC)C(=O)C1CC(=O)N(c2cc(C)ccc2C)C1. The number of hydrogen-bond donors (Lipinski definition) is 0. The predicted octanol–water partition coefficient (Wildman–Crippen LogP) is 4.09. The third kappa shape index (κ3) is 4.83. The van der Waals surface area contributed by atoms with Crippen molar-refractivity contribution >= 4 is 17.5 Å². The van der Waals surface area contributed by atoms with Crippen LogP contribution in [-0.4, -0.2) is 36.3 Å². The molecule has 0 aromatic heterocycles.